The Balaban J connectivity index is 5.19. The minimum atomic E-state index is -4.97. The topological polar surface area (TPSA) is 237 Å². The van der Waals surface area contributed by atoms with Crippen LogP contribution in [0.4, 0.5) is 0 Å². The van der Waals surface area contributed by atoms with E-state index >= 15 is 0 Å². The Morgan fingerprint density at radius 1 is 0.252 bits per heavy atom. The SMILES string of the molecule is CCC(C)CCCCCCCCCCCCCCCCCCCCC(=O)O[C@H](COC(=O)CCCCCCCCC(C)C)COP(=O)(O)OC[C@H](O)COP(=O)(O)OC[C@@H](COC(=O)CCCCCCCCCCCCCCCCCCC(C)C)OC(=O)CCCCCCCCCCCCCCCCCCCCC(C)C. The van der Waals surface area contributed by atoms with E-state index in [0.29, 0.717) is 31.6 Å². The third-order valence-electron chi connectivity index (χ3n) is 21.9. The minimum Gasteiger partial charge on any atom is -0.462 e. The van der Waals surface area contributed by atoms with Crippen molar-refractivity contribution in [3.63, 3.8) is 0 Å². The van der Waals surface area contributed by atoms with Crippen LogP contribution >= 0.6 is 15.6 Å². The summed E-state index contributed by atoms with van der Waals surface area (Å²) in [6, 6.07) is 0. The lowest BCUT2D eigenvalue weighted by Crippen LogP contribution is -2.30. The summed E-state index contributed by atoms with van der Waals surface area (Å²) in [6.07, 6.45) is 72.5. The largest absolute Gasteiger partial charge is 0.472 e. The number of carbonyl (C=O) groups is 4. The summed E-state index contributed by atoms with van der Waals surface area (Å²) in [6.45, 7) is 14.4. The number of carbonyl (C=O) groups excluding carboxylic acids is 4. The van der Waals surface area contributed by atoms with Crippen molar-refractivity contribution in [3.05, 3.63) is 0 Å². The highest BCUT2D eigenvalue weighted by Crippen LogP contribution is 2.45. The van der Waals surface area contributed by atoms with E-state index in [1.54, 1.807) is 0 Å². The van der Waals surface area contributed by atoms with Gasteiger partial charge in [-0.25, -0.2) is 9.13 Å². The van der Waals surface area contributed by atoms with E-state index in [2.05, 4.69) is 55.4 Å². The molecule has 0 aromatic carbocycles. The molecule has 0 aliphatic carbocycles. The van der Waals surface area contributed by atoms with Crippen LogP contribution in [0.1, 0.15) is 486 Å². The molecule has 6 atom stereocenters. The van der Waals surface area contributed by atoms with Crippen LogP contribution in [0, 0.1) is 23.7 Å². The molecule has 3 N–H and O–H groups in total. The van der Waals surface area contributed by atoms with E-state index in [-0.39, 0.29) is 25.7 Å². The Labute approximate surface area is 683 Å². The molecule has 0 spiro atoms. The lowest BCUT2D eigenvalue weighted by Gasteiger charge is -2.21. The molecule has 0 bridgehead atoms. The Kier molecular flexibility index (Phi) is 79.1. The number of aliphatic hydroxyl groups is 1. The van der Waals surface area contributed by atoms with Gasteiger partial charge < -0.3 is 33.8 Å². The first-order chi connectivity index (χ1) is 53.6. The van der Waals surface area contributed by atoms with E-state index in [0.717, 1.165) is 114 Å². The van der Waals surface area contributed by atoms with Crippen molar-refractivity contribution in [2.24, 2.45) is 23.7 Å². The van der Waals surface area contributed by atoms with Crippen LogP contribution < -0.4 is 0 Å². The second-order valence-electron chi connectivity index (χ2n) is 34.7. The van der Waals surface area contributed by atoms with E-state index in [1.165, 1.54) is 283 Å². The van der Waals surface area contributed by atoms with Gasteiger partial charge >= 0.3 is 39.5 Å². The molecule has 0 amide bonds. The van der Waals surface area contributed by atoms with Gasteiger partial charge in [0, 0.05) is 25.7 Å². The van der Waals surface area contributed by atoms with Gasteiger partial charge in [0.05, 0.1) is 26.4 Å². The first kappa shape index (κ1) is 109. The molecular weight excluding hydrogens is 1440 g/mol. The molecule has 0 radical (unpaired) electrons. The highest BCUT2D eigenvalue weighted by atomic mass is 31.2. The fourth-order valence-corrected chi connectivity index (χ4v) is 15.9. The van der Waals surface area contributed by atoms with Gasteiger partial charge in [0.2, 0.25) is 0 Å². The Morgan fingerprint density at radius 2 is 0.432 bits per heavy atom. The number of phosphoric acid groups is 2. The molecule has 0 heterocycles. The van der Waals surface area contributed by atoms with Crippen LogP contribution in [0.5, 0.6) is 0 Å². The summed E-state index contributed by atoms with van der Waals surface area (Å²) in [4.78, 5) is 73.4. The van der Waals surface area contributed by atoms with Crippen LogP contribution in [0.2, 0.25) is 0 Å². The van der Waals surface area contributed by atoms with Crippen molar-refractivity contribution in [2.75, 3.05) is 39.6 Å². The van der Waals surface area contributed by atoms with Gasteiger partial charge in [0.25, 0.3) is 0 Å². The Bertz CT molecular complexity index is 2150. The lowest BCUT2D eigenvalue weighted by atomic mass is 9.99. The summed E-state index contributed by atoms with van der Waals surface area (Å²) in [5.74, 6) is 1.08. The Hall–Kier alpha value is -1.94. The smallest absolute Gasteiger partial charge is 0.462 e. The van der Waals surface area contributed by atoms with Gasteiger partial charge in [-0.05, 0) is 49.4 Å². The van der Waals surface area contributed by atoms with Gasteiger partial charge in [-0.2, -0.15) is 0 Å². The fourth-order valence-electron chi connectivity index (χ4n) is 14.3. The maximum atomic E-state index is 13.2. The van der Waals surface area contributed by atoms with E-state index in [1.807, 2.05) is 0 Å². The number of hydrogen-bond donors (Lipinski definition) is 3. The van der Waals surface area contributed by atoms with Gasteiger partial charge in [0.1, 0.15) is 19.3 Å². The highest BCUT2D eigenvalue weighted by molar-refractivity contribution is 7.47. The zero-order chi connectivity index (χ0) is 81.6. The molecule has 0 aromatic rings. The molecule has 0 aromatic heterocycles. The van der Waals surface area contributed by atoms with E-state index in [9.17, 15) is 43.2 Å². The zero-order valence-corrected chi connectivity index (χ0v) is 75.4. The third-order valence-corrected chi connectivity index (χ3v) is 23.8. The molecule has 660 valence electrons. The summed E-state index contributed by atoms with van der Waals surface area (Å²) >= 11 is 0. The summed E-state index contributed by atoms with van der Waals surface area (Å²) < 4.78 is 69.0. The molecular formula is C92H180O17P2. The fraction of sp³-hybridized carbons (Fsp3) is 0.957. The number of aliphatic hydroxyl groups excluding tert-OH is 1. The summed E-state index contributed by atoms with van der Waals surface area (Å²) in [5.41, 5.74) is 0. The van der Waals surface area contributed by atoms with Crippen molar-refractivity contribution in [2.45, 2.75) is 504 Å². The number of rotatable bonds is 89. The summed E-state index contributed by atoms with van der Waals surface area (Å²) in [7, 11) is -9.94. The van der Waals surface area contributed by atoms with Crippen molar-refractivity contribution in [3.8, 4) is 0 Å². The maximum absolute atomic E-state index is 13.2. The van der Waals surface area contributed by atoms with Crippen LogP contribution in [0.15, 0.2) is 0 Å². The second-order valence-corrected chi connectivity index (χ2v) is 37.6. The monoisotopic (exact) mass is 1620 g/mol. The quantitative estimate of drug-likeness (QED) is 0.0222. The van der Waals surface area contributed by atoms with Crippen LogP contribution in [-0.2, 0) is 65.4 Å². The standard InChI is InChI=1S/C92H180O17P2/c1-9-85(8)71-63-55-46-40-34-28-22-15-11-13-17-25-31-37-43-49-59-67-75-92(97)109-88(79-103-90(95)73-65-57-51-50-54-62-70-84(6)7)81-107-111(100,101)105-77-86(93)76-104-110(98,99)106-80-87(78-102-89(94)72-64-56-47-41-35-29-23-19-18-21-27-33-39-45-53-61-69-83(4)5)108-91(96)74-66-58-48-42-36-30-24-16-12-10-14-20-26-32-38-44-52-60-68-82(2)3/h82-88,93H,9-81H2,1-8H3,(H,98,99)(H,100,101)/t85?,86-,87-,88-/m1/s1. The zero-order valence-electron chi connectivity index (χ0n) is 73.6. The normalized spacial score (nSPS) is 14.1. The number of esters is 4. The molecule has 0 saturated heterocycles. The predicted molar refractivity (Wildman–Crippen MR) is 460 cm³/mol. The third kappa shape index (κ3) is 84.3. The van der Waals surface area contributed by atoms with Crippen LogP contribution in [-0.4, -0.2) is 96.7 Å². The average molecular weight is 1620 g/mol. The molecule has 0 rings (SSSR count). The van der Waals surface area contributed by atoms with Gasteiger partial charge in [0.15, 0.2) is 12.2 Å². The first-order valence-corrected chi connectivity index (χ1v) is 50.2. The summed E-state index contributed by atoms with van der Waals surface area (Å²) in [5, 5.41) is 10.7. The first-order valence-electron chi connectivity index (χ1n) is 47.2. The molecule has 19 heteroatoms. The maximum Gasteiger partial charge on any atom is 0.472 e. The molecule has 0 fully saturated rings. The lowest BCUT2D eigenvalue weighted by molar-refractivity contribution is -0.161. The highest BCUT2D eigenvalue weighted by Gasteiger charge is 2.31. The molecule has 17 nitrogen and oxygen atoms in total. The average Bonchev–Trinajstić information content (AvgIpc) is 0.902. The second kappa shape index (κ2) is 80.5. The van der Waals surface area contributed by atoms with Gasteiger partial charge in [-0.15, -0.1) is 0 Å². The number of unbranched alkanes of at least 4 members (excludes halogenated alkanes) is 54. The number of ether oxygens (including phenoxy) is 4. The minimum absolute atomic E-state index is 0.107. The van der Waals surface area contributed by atoms with Crippen molar-refractivity contribution in [1.29, 1.82) is 0 Å². The van der Waals surface area contributed by atoms with Crippen molar-refractivity contribution >= 4 is 39.5 Å². The molecule has 0 aliphatic rings. The Morgan fingerprint density at radius 3 is 0.640 bits per heavy atom. The van der Waals surface area contributed by atoms with E-state index in [4.69, 9.17) is 37.0 Å². The molecule has 3 unspecified atom stereocenters. The van der Waals surface area contributed by atoms with Gasteiger partial charge in [-0.1, -0.05) is 434 Å². The predicted octanol–water partition coefficient (Wildman–Crippen LogP) is 28.3. The molecule has 111 heavy (non-hydrogen) atoms. The van der Waals surface area contributed by atoms with E-state index < -0.39 is 97.5 Å². The van der Waals surface area contributed by atoms with Crippen molar-refractivity contribution in [1.82, 2.24) is 0 Å². The van der Waals surface area contributed by atoms with Crippen LogP contribution in [0.25, 0.3) is 0 Å². The molecule has 0 saturated carbocycles. The molecule has 0 aliphatic heterocycles. The number of phosphoric ester groups is 2. The van der Waals surface area contributed by atoms with Crippen molar-refractivity contribution < 1.29 is 80.2 Å². The van der Waals surface area contributed by atoms with Crippen LogP contribution in [0.3, 0.4) is 0 Å². The number of hydrogen-bond acceptors (Lipinski definition) is 15. The van der Waals surface area contributed by atoms with Gasteiger partial charge in [-0.3, -0.25) is 37.3 Å².